The second-order valence-corrected chi connectivity index (χ2v) is 8.55. The number of phosphoric ester groups is 1. The van der Waals surface area contributed by atoms with Gasteiger partial charge in [-0.25, -0.2) is 9.36 Å². The Morgan fingerprint density at radius 2 is 1.28 bits per heavy atom. The number of hydrogen-bond acceptors (Lipinski definition) is 9. The van der Waals surface area contributed by atoms with Crippen molar-refractivity contribution >= 4 is 13.8 Å². The molecule has 0 radical (unpaired) electrons. The maximum Gasteiger partial charge on any atom is 0.527 e. The van der Waals surface area contributed by atoms with E-state index < -0.39 is 38.7 Å². The first-order chi connectivity index (χ1) is 13.5. The Balaban J connectivity index is 0.000000458. The van der Waals surface area contributed by atoms with Gasteiger partial charge in [0.25, 0.3) is 0 Å². The second-order valence-electron chi connectivity index (χ2n) is 7.38. The van der Waals surface area contributed by atoms with Crippen LogP contribution in [0.3, 0.4) is 0 Å². The number of nitrogens with two attached hydrogens (primary N) is 2. The van der Waals surface area contributed by atoms with Crippen LogP contribution in [0.4, 0.5) is 0 Å². The number of aliphatic hydroxyl groups excluding tert-OH is 4. The molecule has 0 heterocycles. The molecule has 0 unspecified atom stereocenters. The number of carbonyl (C=O) groups is 1. The molecule has 10 N–H and O–H groups in total. The molecule has 2 fully saturated rings. The molecule has 2 rings (SSSR count). The molecule has 29 heavy (non-hydrogen) atoms. The van der Waals surface area contributed by atoms with E-state index in [1.165, 1.54) is 64.2 Å². The van der Waals surface area contributed by atoms with Crippen molar-refractivity contribution in [2.75, 3.05) is 6.61 Å². The summed E-state index contributed by atoms with van der Waals surface area (Å²) in [4.78, 5) is 27.1. The fourth-order valence-electron chi connectivity index (χ4n) is 2.90. The van der Waals surface area contributed by atoms with Crippen LogP contribution in [-0.4, -0.2) is 73.2 Å². The van der Waals surface area contributed by atoms with Crippen LogP contribution in [0.25, 0.3) is 0 Å². The van der Waals surface area contributed by atoms with Gasteiger partial charge in [0.05, 0.1) is 6.61 Å². The van der Waals surface area contributed by atoms with Crippen LogP contribution in [0.15, 0.2) is 0 Å². The molecule has 12 heteroatoms. The van der Waals surface area contributed by atoms with Crippen molar-refractivity contribution in [3.63, 3.8) is 0 Å². The summed E-state index contributed by atoms with van der Waals surface area (Å²) >= 11 is 0. The van der Waals surface area contributed by atoms with Gasteiger partial charge in [-0.3, -0.25) is 9.79 Å². The summed E-state index contributed by atoms with van der Waals surface area (Å²) in [5.41, 5.74) is 11.3. The van der Waals surface area contributed by atoms with Gasteiger partial charge in [0.2, 0.25) is 0 Å². The lowest BCUT2D eigenvalue weighted by molar-refractivity contribution is -0.157. The average molecular weight is 444 g/mol. The predicted octanol–water partition coefficient (Wildman–Crippen LogP) is -0.747. The van der Waals surface area contributed by atoms with Gasteiger partial charge in [-0.15, -0.1) is 0 Å². The zero-order valence-corrected chi connectivity index (χ0v) is 17.6. The van der Waals surface area contributed by atoms with Gasteiger partial charge >= 0.3 is 13.8 Å². The number of rotatable bonds is 5. The number of phosphoric acid groups is 1. The molecule has 11 nitrogen and oxygen atoms in total. The van der Waals surface area contributed by atoms with E-state index in [4.69, 9.17) is 41.7 Å². The van der Waals surface area contributed by atoms with Gasteiger partial charge in [0, 0.05) is 12.1 Å². The summed E-state index contributed by atoms with van der Waals surface area (Å²) in [5, 5.41) is 35.0. The lowest BCUT2D eigenvalue weighted by Crippen LogP contribution is -2.44. The van der Waals surface area contributed by atoms with Crippen LogP contribution < -0.4 is 11.5 Å². The molecule has 174 valence electrons. The van der Waals surface area contributed by atoms with E-state index in [0.717, 1.165) is 0 Å². The predicted molar refractivity (Wildman–Crippen MR) is 105 cm³/mol. The van der Waals surface area contributed by atoms with Crippen molar-refractivity contribution < 1.29 is 44.1 Å². The maximum atomic E-state index is 10.7. The molecule has 2 aliphatic rings. The topological polar surface area (TPSA) is 217 Å². The molecule has 0 spiro atoms. The van der Waals surface area contributed by atoms with Gasteiger partial charge in [-0.2, -0.15) is 0 Å². The van der Waals surface area contributed by atoms with Gasteiger partial charge < -0.3 is 36.4 Å². The molecule has 3 atom stereocenters. The number of hydrogen-bond donors (Lipinski definition) is 8. The summed E-state index contributed by atoms with van der Waals surface area (Å²) in [6, 6.07) is 1.07. The Hall–Kier alpha value is -0.620. The molecule has 2 aliphatic carbocycles. The fraction of sp³-hybridized carbons (Fsp3) is 0.941. The Labute approximate surface area is 171 Å². The van der Waals surface area contributed by atoms with Crippen LogP contribution in [-0.2, 0) is 13.9 Å². The monoisotopic (exact) mass is 444 g/mol. The quantitative estimate of drug-likeness (QED) is 0.247. The molecule has 0 saturated heterocycles. The van der Waals surface area contributed by atoms with E-state index in [-0.39, 0.29) is 0 Å². The summed E-state index contributed by atoms with van der Waals surface area (Å²) in [7, 11) is -5.12. The highest BCUT2D eigenvalue weighted by Crippen LogP contribution is 2.36. The van der Waals surface area contributed by atoms with Crippen molar-refractivity contribution in [1.29, 1.82) is 0 Å². The normalized spacial score (nSPS) is 21.5. The van der Waals surface area contributed by atoms with E-state index in [9.17, 15) is 9.36 Å². The van der Waals surface area contributed by atoms with E-state index in [0.29, 0.717) is 12.1 Å². The standard InChI is InChI=1S/2C6H13N.C5H11O9P/c2*7-6-4-2-1-3-5-6;6-1-2(7)3(8)4(9)5(10)14-15(11,12)13/h2*6H,1-5,7H2;2-4,6-9H,1H2,(H2,11,12,13)/t;;2-,3-,4-/m..1/s1. The van der Waals surface area contributed by atoms with Gasteiger partial charge in [0.15, 0.2) is 6.10 Å². The third-order valence-electron chi connectivity index (χ3n) is 4.65. The van der Waals surface area contributed by atoms with E-state index in [1.807, 2.05) is 0 Å². The van der Waals surface area contributed by atoms with Crippen LogP contribution in [0, 0.1) is 0 Å². The van der Waals surface area contributed by atoms with E-state index in [2.05, 4.69) is 4.52 Å². The van der Waals surface area contributed by atoms with Crippen molar-refractivity contribution in [3.8, 4) is 0 Å². The third-order valence-corrected chi connectivity index (χ3v) is 5.07. The lowest BCUT2D eigenvalue weighted by Gasteiger charge is -2.19. The molecule has 0 aromatic heterocycles. The Kier molecular flexibility index (Phi) is 14.9. The van der Waals surface area contributed by atoms with Crippen LogP contribution in [0.2, 0.25) is 0 Å². The Morgan fingerprint density at radius 3 is 1.52 bits per heavy atom. The van der Waals surface area contributed by atoms with Crippen LogP contribution >= 0.6 is 7.82 Å². The highest BCUT2D eigenvalue weighted by molar-refractivity contribution is 7.46. The van der Waals surface area contributed by atoms with Crippen molar-refractivity contribution in [2.24, 2.45) is 11.5 Å². The Bertz CT molecular complexity index is 464. The van der Waals surface area contributed by atoms with Crippen LogP contribution in [0.5, 0.6) is 0 Å². The van der Waals surface area contributed by atoms with Crippen molar-refractivity contribution in [3.05, 3.63) is 0 Å². The molecular formula is C17H37N2O9P. The van der Waals surface area contributed by atoms with E-state index >= 15 is 0 Å². The summed E-state index contributed by atoms with van der Waals surface area (Å²) in [5.74, 6) is -1.80. The fourth-order valence-corrected chi connectivity index (χ4v) is 3.24. The highest BCUT2D eigenvalue weighted by atomic mass is 31.2. The first-order valence-corrected chi connectivity index (χ1v) is 11.5. The van der Waals surface area contributed by atoms with Gasteiger partial charge in [-0.1, -0.05) is 38.5 Å². The average Bonchev–Trinajstić information content (AvgIpc) is 2.67. The van der Waals surface area contributed by atoms with E-state index in [1.54, 1.807) is 0 Å². The molecule has 0 aromatic carbocycles. The third kappa shape index (κ3) is 14.9. The van der Waals surface area contributed by atoms with Crippen molar-refractivity contribution in [1.82, 2.24) is 0 Å². The van der Waals surface area contributed by atoms with Gasteiger partial charge in [-0.05, 0) is 25.7 Å². The minimum atomic E-state index is -5.12. The number of aliphatic hydroxyl groups is 4. The molecule has 0 amide bonds. The summed E-state index contributed by atoms with van der Waals surface area (Å²) < 4.78 is 13.6. The smallest absolute Gasteiger partial charge is 0.394 e. The SMILES string of the molecule is NC1CCCCC1.NC1CCCCC1.O=C(OP(=O)(O)O)[C@H](O)[C@H](O)[C@H](O)CO. The first-order valence-electron chi connectivity index (χ1n) is 9.93. The Morgan fingerprint density at radius 1 is 0.897 bits per heavy atom. The lowest BCUT2D eigenvalue weighted by atomic mass is 9.97. The second kappa shape index (κ2) is 15.2. The maximum absolute atomic E-state index is 10.7. The number of carbonyl (C=O) groups excluding carboxylic acids is 1. The summed E-state index contributed by atoms with van der Waals surface area (Å²) in [6.45, 7) is -0.943. The van der Waals surface area contributed by atoms with Gasteiger partial charge in [0.1, 0.15) is 12.2 Å². The van der Waals surface area contributed by atoms with Crippen LogP contribution in [0.1, 0.15) is 64.2 Å². The molecule has 2 saturated carbocycles. The molecule has 0 aromatic rings. The largest absolute Gasteiger partial charge is 0.527 e. The zero-order valence-electron chi connectivity index (χ0n) is 16.7. The molecule has 0 aliphatic heterocycles. The zero-order chi connectivity index (χ0) is 22.4. The summed E-state index contributed by atoms with van der Waals surface area (Å²) in [6.07, 6.45) is 7.03. The molecular weight excluding hydrogens is 407 g/mol. The minimum absolute atomic E-state index is 0.536. The minimum Gasteiger partial charge on any atom is -0.394 e. The first kappa shape index (κ1) is 28.4. The molecule has 0 bridgehead atoms. The highest BCUT2D eigenvalue weighted by Gasteiger charge is 2.34. The van der Waals surface area contributed by atoms with Crippen molar-refractivity contribution in [2.45, 2.75) is 94.6 Å².